The summed E-state index contributed by atoms with van der Waals surface area (Å²) in [6.45, 7) is 2.41. The van der Waals surface area contributed by atoms with Gasteiger partial charge in [-0.2, -0.15) is 0 Å². The molecule has 2 heterocycles. The zero-order chi connectivity index (χ0) is 29.9. The molecule has 2 aliphatic rings. The van der Waals surface area contributed by atoms with Gasteiger partial charge in [0.15, 0.2) is 0 Å². The smallest absolute Gasteiger partial charge is 0.312 e. The fourth-order valence-electron chi connectivity index (χ4n) is 4.31. The van der Waals surface area contributed by atoms with Crippen LogP contribution in [0.15, 0.2) is 46.2 Å². The number of thioether (sulfide) groups is 2. The van der Waals surface area contributed by atoms with Crippen molar-refractivity contribution >= 4 is 68.7 Å². The zero-order valence-corrected chi connectivity index (χ0v) is 26.8. The van der Waals surface area contributed by atoms with E-state index in [4.69, 9.17) is 9.47 Å². The average Bonchev–Trinajstić information content (AvgIpc) is 3.36. The second-order valence-corrected chi connectivity index (χ2v) is 14.2. The van der Waals surface area contributed by atoms with Gasteiger partial charge in [-0.1, -0.05) is 21.6 Å². The van der Waals surface area contributed by atoms with Crippen molar-refractivity contribution in [3.63, 3.8) is 0 Å². The Bertz CT molecular complexity index is 1200. The topological polar surface area (TPSA) is 117 Å². The van der Waals surface area contributed by atoms with E-state index in [1.807, 2.05) is 36.4 Å². The van der Waals surface area contributed by atoms with Gasteiger partial charge in [-0.3, -0.25) is 19.2 Å². The summed E-state index contributed by atoms with van der Waals surface area (Å²) in [6.07, 6.45) is 0. The van der Waals surface area contributed by atoms with Crippen molar-refractivity contribution in [1.82, 2.24) is 20.4 Å². The molecular formula is C28H34N4O6S4. The van der Waals surface area contributed by atoms with Gasteiger partial charge in [-0.25, -0.2) is 0 Å². The van der Waals surface area contributed by atoms with Gasteiger partial charge in [0, 0.05) is 72.1 Å². The number of carbonyl (C=O) groups is 4. The third-order valence-electron chi connectivity index (χ3n) is 6.48. The number of hydrogen-bond donors (Lipinski definition) is 2. The van der Waals surface area contributed by atoms with Gasteiger partial charge in [0.05, 0.1) is 14.2 Å². The lowest BCUT2D eigenvalue weighted by Crippen LogP contribution is -2.44. The first-order valence-electron chi connectivity index (χ1n) is 13.4. The first kappa shape index (κ1) is 32.2. The Balaban J connectivity index is 1.10. The average molecular weight is 651 g/mol. The summed E-state index contributed by atoms with van der Waals surface area (Å²) in [5.74, 6) is 1.76. The van der Waals surface area contributed by atoms with E-state index in [0.29, 0.717) is 62.3 Å². The Morgan fingerprint density at radius 3 is 1.57 bits per heavy atom. The first-order valence-corrected chi connectivity index (χ1v) is 17.8. The monoisotopic (exact) mass is 650 g/mol. The number of nitrogens with zero attached hydrogens (tertiary/aromatic N) is 2. The molecule has 226 valence electrons. The molecule has 4 rings (SSSR count). The number of rotatable bonds is 9. The molecular weight excluding hydrogens is 617 g/mol. The summed E-state index contributed by atoms with van der Waals surface area (Å²) in [7, 11) is 6.25. The molecule has 0 fully saturated rings. The molecule has 0 spiro atoms. The lowest BCUT2D eigenvalue weighted by atomic mass is 10.2. The van der Waals surface area contributed by atoms with Gasteiger partial charge in [0.1, 0.15) is 11.5 Å². The number of hydrogen-bond acceptors (Lipinski definition) is 10. The highest BCUT2D eigenvalue weighted by molar-refractivity contribution is 8.76. The Kier molecular flexibility index (Phi) is 12.5. The third kappa shape index (κ3) is 8.91. The molecule has 4 amide bonds. The maximum absolute atomic E-state index is 12.7. The van der Waals surface area contributed by atoms with Gasteiger partial charge < -0.3 is 29.9 Å². The summed E-state index contributed by atoms with van der Waals surface area (Å²) in [4.78, 5) is 55.8. The van der Waals surface area contributed by atoms with Crippen LogP contribution >= 0.6 is 45.1 Å². The number of fused-ring (bicyclic) bond motifs is 2. The van der Waals surface area contributed by atoms with Gasteiger partial charge in [0.2, 0.25) is 0 Å². The van der Waals surface area contributed by atoms with Crippen LogP contribution in [-0.2, 0) is 32.3 Å². The van der Waals surface area contributed by atoms with Crippen LogP contribution in [0, 0.1) is 0 Å². The number of carbonyl (C=O) groups excluding carboxylic acids is 4. The van der Waals surface area contributed by atoms with Crippen LogP contribution in [0.3, 0.4) is 0 Å². The molecule has 0 aliphatic carbocycles. The second-order valence-electron chi connectivity index (χ2n) is 9.25. The first-order chi connectivity index (χ1) is 20.4. The van der Waals surface area contributed by atoms with Crippen molar-refractivity contribution in [3.05, 3.63) is 47.5 Å². The van der Waals surface area contributed by atoms with Gasteiger partial charge in [0.25, 0.3) is 0 Å². The van der Waals surface area contributed by atoms with E-state index < -0.39 is 23.6 Å². The summed E-state index contributed by atoms with van der Waals surface area (Å²) < 4.78 is 10.6. The minimum Gasteiger partial charge on any atom is -0.497 e. The van der Waals surface area contributed by atoms with E-state index in [1.54, 1.807) is 47.5 Å². The van der Waals surface area contributed by atoms with Crippen LogP contribution in [-0.4, -0.2) is 96.8 Å². The second kappa shape index (κ2) is 16.2. The number of methoxy groups -OCH3 is 2. The molecule has 0 radical (unpaired) electrons. The molecule has 0 saturated heterocycles. The van der Waals surface area contributed by atoms with E-state index >= 15 is 0 Å². The summed E-state index contributed by atoms with van der Waals surface area (Å²) in [5, 5.41) is 5.40. The SMILES string of the molecule is COc1ccc2c(c1)CN(C(=O)C(=O)NCCSSCCNC(=O)C(=O)N1CCSc3ccc(OC)cc3C1)CCS2. The normalized spacial score (nSPS) is 14.5. The van der Waals surface area contributed by atoms with E-state index in [-0.39, 0.29) is 0 Å². The van der Waals surface area contributed by atoms with Crippen LogP contribution in [0.2, 0.25) is 0 Å². The minimum absolute atomic E-state index is 0.347. The fraction of sp³-hybridized carbons (Fsp3) is 0.429. The molecule has 0 atom stereocenters. The fourth-order valence-corrected chi connectivity index (χ4v) is 8.13. The van der Waals surface area contributed by atoms with E-state index in [0.717, 1.165) is 32.4 Å². The molecule has 2 aromatic rings. The maximum atomic E-state index is 12.7. The van der Waals surface area contributed by atoms with Gasteiger partial charge in [-0.15, -0.1) is 23.5 Å². The molecule has 0 unspecified atom stereocenters. The molecule has 14 heteroatoms. The van der Waals surface area contributed by atoms with Crippen molar-refractivity contribution in [3.8, 4) is 11.5 Å². The Labute approximate surface area is 262 Å². The van der Waals surface area contributed by atoms with E-state index in [9.17, 15) is 19.2 Å². The summed E-state index contributed by atoms with van der Waals surface area (Å²) in [5.41, 5.74) is 1.94. The molecule has 0 aromatic heterocycles. The Hall–Kier alpha value is -2.68. The van der Waals surface area contributed by atoms with Crippen molar-refractivity contribution in [1.29, 1.82) is 0 Å². The van der Waals surface area contributed by atoms with Crippen LogP contribution in [0.25, 0.3) is 0 Å². The quantitative estimate of drug-likeness (QED) is 0.238. The van der Waals surface area contributed by atoms with Crippen molar-refractivity contribution in [2.24, 2.45) is 0 Å². The van der Waals surface area contributed by atoms with Crippen molar-refractivity contribution in [2.45, 2.75) is 22.9 Å². The number of amides is 4. The van der Waals surface area contributed by atoms with E-state index in [1.165, 1.54) is 21.6 Å². The number of benzene rings is 2. The van der Waals surface area contributed by atoms with Crippen molar-refractivity contribution < 1.29 is 28.7 Å². The molecule has 10 nitrogen and oxygen atoms in total. The number of ether oxygens (including phenoxy) is 2. The third-order valence-corrected chi connectivity index (χ3v) is 11.1. The lowest BCUT2D eigenvalue weighted by Gasteiger charge is -2.20. The minimum atomic E-state index is -0.615. The number of nitrogens with one attached hydrogen (secondary N) is 2. The lowest BCUT2D eigenvalue weighted by molar-refractivity contribution is -0.146. The van der Waals surface area contributed by atoms with E-state index in [2.05, 4.69) is 10.6 Å². The Morgan fingerprint density at radius 1 is 0.738 bits per heavy atom. The zero-order valence-electron chi connectivity index (χ0n) is 23.5. The van der Waals surface area contributed by atoms with Crippen molar-refractivity contribution in [2.75, 3.05) is 63.4 Å². The molecule has 2 aliphatic heterocycles. The maximum Gasteiger partial charge on any atom is 0.312 e. The Morgan fingerprint density at radius 2 is 1.17 bits per heavy atom. The van der Waals surface area contributed by atoms with Gasteiger partial charge >= 0.3 is 23.6 Å². The molecule has 2 N–H and O–H groups in total. The molecule has 0 saturated carbocycles. The van der Waals surface area contributed by atoms with Crippen LogP contribution in [0.4, 0.5) is 0 Å². The standard InChI is InChI=1S/C28H34N4O6S4/c1-37-21-3-5-23-19(15-21)17-31(9-13-39-23)27(35)25(33)29-7-11-41-42-12-8-30-26(34)28(36)32-10-14-40-24-6-4-22(38-2)16-20(24)18-32/h3-6,15-16H,7-14,17-18H2,1-2H3,(H,29,33)(H,30,34). The molecule has 0 bridgehead atoms. The van der Waals surface area contributed by atoms with Crippen LogP contribution in [0.5, 0.6) is 11.5 Å². The summed E-state index contributed by atoms with van der Waals surface area (Å²) >= 11 is 3.33. The molecule has 2 aromatic carbocycles. The largest absolute Gasteiger partial charge is 0.497 e. The van der Waals surface area contributed by atoms with Crippen LogP contribution < -0.4 is 20.1 Å². The highest BCUT2D eigenvalue weighted by Gasteiger charge is 2.26. The molecule has 42 heavy (non-hydrogen) atoms. The summed E-state index contributed by atoms with van der Waals surface area (Å²) in [6, 6.07) is 11.6. The highest BCUT2D eigenvalue weighted by atomic mass is 33.1. The predicted molar refractivity (Wildman–Crippen MR) is 169 cm³/mol. The predicted octanol–water partition coefficient (Wildman–Crippen LogP) is 2.89. The highest BCUT2D eigenvalue weighted by Crippen LogP contribution is 2.31. The van der Waals surface area contributed by atoms with Gasteiger partial charge in [-0.05, 0) is 47.5 Å². The van der Waals surface area contributed by atoms with Crippen LogP contribution in [0.1, 0.15) is 11.1 Å².